The predicted octanol–water partition coefficient (Wildman–Crippen LogP) is 3.94. The normalized spacial score (nSPS) is 15.0. The molecule has 1 saturated heterocycles. The Morgan fingerprint density at radius 2 is 1.97 bits per heavy atom. The Hall–Kier alpha value is -2.91. The van der Waals surface area contributed by atoms with Crippen molar-refractivity contribution in [3.05, 3.63) is 40.8 Å². The summed E-state index contributed by atoms with van der Waals surface area (Å²) in [7, 11) is 1.63. The van der Waals surface area contributed by atoms with Crippen LogP contribution in [-0.4, -0.2) is 69.5 Å². The number of benzene rings is 1. The monoisotopic (exact) mass is 485 g/mol. The fourth-order valence-electron chi connectivity index (χ4n) is 4.15. The first kappa shape index (κ1) is 24.2. The number of amides is 2. The number of carbonyl (C=O) groups is 1. The molecule has 0 aliphatic carbocycles. The minimum atomic E-state index is -0.275. The third-order valence-corrected chi connectivity index (χ3v) is 5.86. The predicted molar refractivity (Wildman–Crippen MR) is 134 cm³/mol. The van der Waals surface area contributed by atoms with Gasteiger partial charge in [-0.15, -0.1) is 0 Å². The summed E-state index contributed by atoms with van der Waals surface area (Å²) in [6.07, 6.45) is 0.837. The number of hydrogen-bond donors (Lipinski definition) is 1. The molecule has 3 heterocycles. The van der Waals surface area contributed by atoms with Crippen molar-refractivity contribution in [1.82, 2.24) is 30.0 Å². The fraction of sp³-hybridized carbons (Fsp3) is 0.500. The van der Waals surface area contributed by atoms with Crippen LogP contribution in [0.15, 0.2) is 24.3 Å². The van der Waals surface area contributed by atoms with E-state index in [1.54, 1.807) is 7.11 Å². The SMILES string of the molecule is COCc1nc(N2CCCN(C(=O)NC(C)(C)C)CC2)c2c(C)nn(-c3cccc(Cl)c3)c2n1. The van der Waals surface area contributed by atoms with Crippen LogP contribution in [0.3, 0.4) is 0 Å². The molecule has 0 unspecified atom stereocenters. The van der Waals surface area contributed by atoms with Gasteiger partial charge in [0.05, 0.1) is 16.8 Å². The smallest absolute Gasteiger partial charge is 0.317 e. The lowest BCUT2D eigenvalue weighted by Gasteiger charge is -2.28. The number of halogens is 1. The van der Waals surface area contributed by atoms with Gasteiger partial charge in [0, 0.05) is 43.9 Å². The summed E-state index contributed by atoms with van der Waals surface area (Å²) in [5, 5.41) is 9.37. The fourth-order valence-corrected chi connectivity index (χ4v) is 4.33. The van der Waals surface area contributed by atoms with Crippen LogP contribution in [0.25, 0.3) is 16.7 Å². The Balaban J connectivity index is 1.71. The van der Waals surface area contributed by atoms with Gasteiger partial charge in [0.2, 0.25) is 0 Å². The molecule has 34 heavy (non-hydrogen) atoms. The Morgan fingerprint density at radius 1 is 1.18 bits per heavy atom. The zero-order chi connectivity index (χ0) is 24.5. The van der Waals surface area contributed by atoms with Gasteiger partial charge in [-0.2, -0.15) is 5.10 Å². The van der Waals surface area contributed by atoms with Crippen LogP contribution in [0, 0.1) is 6.92 Å². The van der Waals surface area contributed by atoms with Gasteiger partial charge in [0.15, 0.2) is 11.5 Å². The average molecular weight is 486 g/mol. The molecule has 0 radical (unpaired) electrons. The number of carbonyl (C=O) groups excluding carboxylic acids is 1. The highest BCUT2D eigenvalue weighted by Crippen LogP contribution is 2.30. The number of rotatable bonds is 4. The maximum absolute atomic E-state index is 12.7. The van der Waals surface area contributed by atoms with E-state index in [0.29, 0.717) is 36.1 Å². The lowest BCUT2D eigenvalue weighted by molar-refractivity contribution is 0.178. The van der Waals surface area contributed by atoms with E-state index in [1.807, 2.05) is 61.5 Å². The molecule has 10 heteroatoms. The molecule has 2 aromatic heterocycles. The number of ether oxygens (including phenoxy) is 1. The van der Waals surface area contributed by atoms with Gasteiger partial charge < -0.3 is 19.9 Å². The van der Waals surface area contributed by atoms with Gasteiger partial charge in [0.1, 0.15) is 12.4 Å². The highest BCUT2D eigenvalue weighted by atomic mass is 35.5. The van der Waals surface area contributed by atoms with E-state index in [-0.39, 0.29) is 18.2 Å². The molecule has 0 saturated carbocycles. The van der Waals surface area contributed by atoms with Gasteiger partial charge in [0.25, 0.3) is 0 Å². The van der Waals surface area contributed by atoms with Crippen LogP contribution in [0.4, 0.5) is 10.6 Å². The van der Waals surface area contributed by atoms with Gasteiger partial charge in [-0.3, -0.25) is 0 Å². The van der Waals surface area contributed by atoms with Crippen LogP contribution in [-0.2, 0) is 11.3 Å². The summed E-state index contributed by atoms with van der Waals surface area (Å²) in [4.78, 5) is 26.5. The highest BCUT2D eigenvalue weighted by molar-refractivity contribution is 6.30. The number of nitrogens with zero attached hydrogens (tertiary/aromatic N) is 6. The van der Waals surface area contributed by atoms with E-state index in [9.17, 15) is 4.79 Å². The second-order valence-corrected chi connectivity index (χ2v) is 10.0. The Labute approximate surface area is 205 Å². The number of aryl methyl sites for hydroxylation is 1. The van der Waals surface area contributed by atoms with E-state index >= 15 is 0 Å². The number of urea groups is 1. The molecular formula is C24H32ClN7O2. The lowest BCUT2D eigenvalue weighted by Crippen LogP contribution is -2.49. The second kappa shape index (κ2) is 9.76. The first-order chi connectivity index (χ1) is 16.2. The maximum atomic E-state index is 12.7. The summed E-state index contributed by atoms with van der Waals surface area (Å²) in [5.74, 6) is 1.40. The number of fused-ring (bicyclic) bond motifs is 1. The number of anilines is 1. The van der Waals surface area contributed by atoms with Crippen LogP contribution in [0.5, 0.6) is 0 Å². The van der Waals surface area contributed by atoms with Crippen molar-refractivity contribution < 1.29 is 9.53 Å². The summed E-state index contributed by atoms with van der Waals surface area (Å²) >= 11 is 6.24. The summed E-state index contributed by atoms with van der Waals surface area (Å²) in [6, 6.07) is 7.51. The maximum Gasteiger partial charge on any atom is 0.317 e. The minimum absolute atomic E-state index is 0.0350. The van der Waals surface area contributed by atoms with E-state index in [2.05, 4.69) is 10.2 Å². The van der Waals surface area contributed by atoms with Gasteiger partial charge in [-0.1, -0.05) is 17.7 Å². The Kier molecular flexibility index (Phi) is 6.95. The van der Waals surface area contributed by atoms with Crippen molar-refractivity contribution in [2.24, 2.45) is 0 Å². The second-order valence-electron chi connectivity index (χ2n) is 9.58. The van der Waals surface area contributed by atoms with Crippen LogP contribution >= 0.6 is 11.6 Å². The van der Waals surface area contributed by atoms with Crippen molar-refractivity contribution in [1.29, 1.82) is 0 Å². The minimum Gasteiger partial charge on any atom is -0.377 e. The van der Waals surface area contributed by atoms with E-state index in [1.165, 1.54) is 0 Å². The molecular weight excluding hydrogens is 454 g/mol. The zero-order valence-corrected chi connectivity index (χ0v) is 21.2. The summed E-state index contributed by atoms with van der Waals surface area (Å²) < 4.78 is 7.16. The highest BCUT2D eigenvalue weighted by Gasteiger charge is 2.26. The van der Waals surface area contributed by atoms with Crippen molar-refractivity contribution >= 4 is 34.5 Å². The molecule has 3 aromatic rings. The third-order valence-electron chi connectivity index (χ3n) is 5.62. The summed E-state index contributed by atoms with van der Waals surface area (Å²) in [5.41, 5.74) is 2.10. The molecule has 0 bridgehead atoms. The number of methoxy groups -OCH3 is 1. The lowest BCUT2D eigenvalue weighted by atomic mass is 10.1. The van der Waals surface area contributed by atoms with E-state index in [0.717, 1.165) is 35.6 Å². The standard InChI is InChI=1S/C24H32ClN7O2/c1-16-20-21(30-10-7-11-31(13-12-30)23(33)28-24(2,3)4)26-19(15-34-5)27-22(20)32(29-16)18-9-6-8-17(25)14-18/h6,8-9,14H,7,10-13,15H2,1-5H3,(H,28,33). The summed E-state index contributed by atoms with van der Waals surface area (Å²) in [6.45, 7) is 11.0. The van der Waals surface area contributed by atoms with E-state index in [4.69, 9.17) is 31.4 Å². The molecule has 0 spiro atoms. The first-order valence-corrected chi connectivity index (χ1v) is 11.9. The van der Waals surface area contributed by atoms with Crippen LogP contribution < -0.4 is 10.2 Å². The largest absolute Gasteiger partial charge is 0.377 e. The molecule has 1 aliphatic heterocycles. The zero-order valence-electron chi connectivity index (χ0n) is 20.4. The van der Waals surface area contributed by atoms with Gasteiger partial charge in [-0.05, 0) is 52.3 Å². The van der Waals surface area contributed by atoms with Crippen LogP contribution in [0.1, 0.15) is 38.7 Å². The van der Waals surface area contributed by atoms with Gasteiger partial charge >= 0.3 is 6.03 Å². The van der Waals surface area contributed by atoms with Crippen molar-refractivity contribution in [3.8, 4) is 5.69 Å². The molecule has 4 rings (SSSR count). The van der Waals surface area contributed by atoms with Crippen molar-refractivity contribution in [3.63, 3.8) is 0 Å². The first-order valence-electron chi connectivity index (χ1n) is 11.5. The van der Waals surface area contributed by atoms with Crippen molar-refractivity contribution in [2.75, 3.05) is 38.2 Å². The topological polar surface area (TPSA) is 88.4 Å². The molecule has 182 valence electrons. The average Bonchev–Trinajstić information content (AvgIpc) is 2.94. The Bertz CT molecular complexity index is 1190. The van der Waals surface area contributed by atoms with Gasteiger partial charge in [-0.25, -0.2) is 19.4 Å². The number of hydrogen-bond acceptors (Lipinski definition) is 6. The molecule has 1 aliphatic rings. The number of aromatic nitrogens is 4. The third kappa shape index (κ3) is 5.26. The Morgan fingerprint density at radius 3 is 2.68 bits per heavy atom. The molecule has 1 N–H and O–H groups in total. The molecule has 1 aromatic carbocycles. The van der Waals surface area contributed by atoms with E-state index < -0.39 is 0 Å². The number of nitrogens with one attached hydrogen (secondary N) is 1. The van der Waals surface area contributed by atoms with Crippen molar-refractivity contribution in [2.45, 2.75) is 46.3 Å². The van der Waals surface area contributed by atoms with Crippen LogP contribution in [0.2, 0.25) is 5.02 Å². The molecule has 1 fully saturated rings. The molecule has 9 nitrogen and oxygen atoms in total. The quantitative estimate of drug-likeness (QED) is 0.602. The molecule has 2 amide bonds. The molecule has 0 atom stereocenters.